The van der Waals surface area contributed by atoms with Crippen LogP contribution >= 0.6 is 28.6 Å². The molecule has 3 heteroatoms. The van der Waals surface area contributed by atoms with E-state index in [0.717, 1.165) is 21.4 Å². The summed E-state index contributed by atoms with van der Waals surface area (Å²) in [5.41, 5.74) is 1.99. The molecule has 1 nitrogen and oxygen atoms in total. The van der Waals surface area contributed by atoms with E-state index < -0.39 is 0 Å². The Hall–Kier alpha value is -0.250. The van der Waals surface area contributed by atoms with Crippen LogP contribution in [0.5, 0.6) is 0 Å². The molecule has 1 aromatic carbocycles. The Morgan fingerprint density at radius 3 is 2.85 bits per heavy atom. The van der Waals surface area contributed by atoms with Crippen LogP contribution in [0.4, 0.5) is 0 Å². The van der Waals surface area contributed by atoms with Crippen molar-refractivity contribution in [3.63, 3.8) is 0 Å². The predicted molar refractivity (Wildman–Crippen MR) is 63.0 cm³/mol. The first-order valence-electron chi connectivity index (χ1n) is 3.94. The quantitative estimate of drug-likeness (QED) is 0.800. The lowest BCUT2D eigenvalue weighted by Crippen LogP contribution is -1.85. The van der Waals surface area contributed by atoms with E-state index in [1.807, 2.05) is 30.4 Å². The molecule has 0 unspecified atom stereocenters. The van der Waals surface area contributed by atoms with Crippen LogP contribution < -0.4 is 0 Å². The van der Waals surface area contributed by atoms with Gasteiger partial charge >= 0.3 is 0 Å². The molecule has 0 aromatic heterocycles. The van der Waals surface area contributed by atoms with Gasteiger partial charge in [0.05, 0.1) is 6.61 Å². The summed E-state index contributed by atoms with van der Waals surface area (Å²) in [6, 6.07) is 5.87. The van der Waals surface area contributed by atoms with Gasteiger partial charge in [-0.25, -0.2) is 0 Å². The van der Waals surface area contributed by atoms with Crippen LogP contribution in [0.2, 0.25) is 0 Å². The number of aliphatic hydroxyl groups excluding tert-OH is 1. The standard InChI is InChI=1S/C10H11BrOS/c11-10-4-3-8(2-1-5-13)6-9(10)7-12/h1-4,6,12-13H,5,7H2. The highest BCUT2D eigenvalue weighted by atomic mass is 79.9. The van der Waals surface area contributed by atoms with Crippen molar-refractivity contribution in [3.05, 3.63) is 39.9 Å². The molecule has 0 amide bonds. The van der Waals surface area contributed by atoms with Crippen molar-refractivity contribution >= 4 is 34.6 Å². The Kier molecular flexibility index (Phi) is 4.56. The van der Waals surface area contributed by atoms with Crippen molar-refractivity contribution in [2.75, 3.05) is 5.75 Å². The van der Waals surface area contributed by atoms with Crippen molar-refractivity contribution in [3.8, 4) is 0 Å². The smallest absolute Gasteiger partial charge is 0.0693 e. The Labute approximate surface area is 92.0 Å². The third-order valence-electron chi connectivity index (χ3n) is 1.66. The highest BCUT2D eigenvalue weighted by molar-refractivity contribution is 9.10. The average molecular weight is 259 g/mol. The molecule has 0 bridgehead atoms. The lowest BCUT2D eigenvalue weighted by molar-refractivity contribution is 0.281. The van der Waals surface area contributed by atoms with Gasteiger partial charge in [0, 0.05) is 10.2 Å². The summed E-state index contributed by atoms with van der Waals surface area (Å²) in [4.78, 5) is 0. The Morgan fingerprint density at radius 1 is 1.46 bits per heavy atom. The molecule has 0 radical (unpaired) electrons. The maximum atomic E-state index is 9.00. The summed E-state index contributed by atoms with van der Waals surface area (Å²) in [6.45, 7) is 0.0587. The zero-order valence-electron chi connectivity index (χ0n) is 7.07. The van der Waals surface area contributed by atoms with Gasteiger partial charge < -0.3 is 5.11 Å². The first kappa shape index (κ1) is 10.8. The van der Waals surface area contributed by atoms with E-state index in [1.54, 1.807) is 0 Å². The van der Waals surface area contributed by atoms with E-state index in [1.165, 1.54) is 0 Å². The molecule has 0 heterocycles. The number of aliphatic hydroxyl groups is 1. The van der Waals surface area contributed by atoms with Crippen molar-refractivity contribution in [2.24, 2.45) is 0 Å². The monoisotopic (exact) mass is 258 g/mol. The molecular formula is C10H11BrOS. The van der Waals surface area contributed by atoms with Crippen molar-refractivity contribution in [1.82, 2.24) is 0 Å². The van der Waals surface area contributed by atoms with Gasteiger partial charge in [-0.05, 0) is 23.3 Å². The molecule has 0 saturated heterocycles. The van der Waals surface area contributed by atoms with Gasteiger partial charge in [0.1, 0.15) is 0 Å². The summed E-state index contributed by atoms with van der Waals surface area (Å²) >= 11 is 7.43. The van der Waals surface area contributed by atoms with Gasteiger partial charge in [-0.15, -0.1) is 0 Å². The number of thiol groups is 1. The lowest BCUT2D eigenvalue weighted by Gasteiger charge is -2.01. The fraction of sp³-hybridized carbons (Fsp3) is 0.200. The minimum absolute atomic E-state index is 0.0587. The van der Waals surface area contributed by atoms with Crippen molar-refractivity contribution in [1.29, 1.82) is 0 Å². The van der Waals surface area contributed by atoms with Gasteiger partial charge in [-0.3, -0.25) is 0 Å². The largest absolute Gasteiger partial charge is 0.392 e. The van der Waals surface area contributed by atoms with Crippen LogP contribution in [0.1, 0.15) is 11.1 Å². The van der Waals surface area contributed by atoms with E-state index >= 15 is 0 Å². The third-order valence-corrected chi connectivity index (χ3v) is 2.64. The fourth-order valence-corrected chi connectivity index (χ4v) is 1.49. The molecule has 0 spiro atoms. The molecule has 0 fully saturated rings. The topological polar surface area (TPSA) is 20.2 Å². The summed E-state index contributed by atoms with van der Waals surface area (Å²) in [5, 5.41) is 9.00. The highest BCUT2D eigenvalue weighted by Gasteiger charge is 1.97. The van der Waals surface area contributed by atoms with Gasteiger partial charge in [-0.1, -0.05) is 34.1 Å². The van der Waals surface area contributed by atoms with Crippen LogP contribution in [0.15, 0.2) is 28.7 Å². The summed E-state index contributed by atoms with van der Waals surface area (Å²) in [7, 11) is 0. The van der Waals surface area contributed by atoms with Gasteiger partial charge in [0.15, 0.2) is 0 Å². The Morgan fingerprint density at radius 2 is 2.23 bits per heavy atom. The van der Waals surface area contributed by atoms with Crippen molar-refractivity contribution < 1.29 is 5.11 Å². The summed E-state index contributed by atoms with van der Waals surface area (Å²) < 4.78 is 0.943. The number of hydrogen-bond donors (Lipinski definition) is 2. The van der Waals surface area contributed by atoms with E-state index in [9.17, 15) is 0 Å². The molecule has 70 valence electrons. The number of halogens is 1. The lowest BCUT2D eigenvalue weighted by atomic mass is 10.1. The fourth-order valence-electron chi connectivity index (χ4n) is 1.01. The number of hydrogen-bond acceptors (Lipinski definition) is 2. The number of rotatable bonds is 3. The molecule has 1 aromatic rings. The van der Waals surface area contributed by atoms with E-state index in [4.69, 9.17) is 5.11 Å². The Balaban J connectivity index is 2.92. The van der Waals surface area contributed by atoms with Crippen LogP contribution in [-0.4, -0.2) is 10.9 Å². The normalized spacial score (nSPS) is 11.0. The summed E-state index contributed by atoms with van der Waals surface area (Å²) in [5.74, 6) is 0.727. The first-order valence-corrected chi connectivity index (χ1v) is 5.37. The minimum atomic E-state index is 0.0587. The van der Waals surface area contributed by atoms with Gasteiger partial charge in [-0.2, -0.15) is 12.6 Å². The third kappa shape index (κ3) is 3.18. The second kappa shape index (κ2) is 5.47. The zero-order chi connectivity index (χ0) is 9.68. The maximum absolute atomic E-state index is 9.00. The molecular weight excluding hydrogens is 248 g/mol. The zero-order valence-corrected chi connectivity index (χ0v) is 9.55. The van der Waals surface area contributed by atoms with Crippen LogP contribution in [0.3, 0.4) is 0 Å². The molecule has 1 rings (SSSR count). The van der Waals surface area contributed by atoms with Crippen LogP contribution in [0.25, 0.3) is 6.08 Å². The van der Waals surface area contributed by atoms with Crippen molar-refractivity contribution in [2.45, 2.75) is 6.61 Å². The summed E-state index contributed by atoms with van der Waals surface area (Å²) in [6.07, 6.45) is 3.95. The second-order valence-electron chi connectivity index (χ2n) is 2.59. The molecule has 0 saturated carbocycles. The van der Waals surface area contributed by atoms with E-state index in [-0.39, 0.29) is 6.61 Å². The first-order chi connectivity index (χ1) is 6.27. The Bertz CT molecular complexity index is 310. The predicted octanol–water partition coefficient (Wildman–Crippen LogP) is 2.88. The van der Waals surface area contributed by atoms with E-state index in [2.05, 4.69) is 28.6 Å². The molecule has 1 N–H and O–H groups in total. The minimum Gasteiger partial charge on any atom is -0.392 e. The van der Waals surface area contributed by atoms with Gasteiger partial charge in [0.25, 0.3) is 0 Å². The van der Waals surface area contributed by atoms with Gasteiger partial charge in [0.2, 0.25) is 0 Å². The molecule has 0 aliphatic carbocycles. The SMILES string of the molecule is OCc1cc(C=CCS)ccc1Br. The number of benzene rings is 1. The highest BCUT2D eigenvalue weighted by Crippen LogP contribution is 2.18. The molecule has 13 heavy (non-hydrogen) atoms. The van der Waals surface area contributed by atoms with Crippen LogP contribution in [-0.2, 0) is 6.61 Å². The molecule has 0 aliphatic heterocycles. The molecule has 0 atom stereocenters. The van der Waals surface area contributed by atoms with E-state index in [0.29, 0.717) is 0 Å². The molecule has 0 aliphatic rings. The average Bonchev–Trinajstić information content (AvgIpc) is 2.16. The maximum Gasteiger partial charge on any atom is 0.0693 e. The second-order valence-corrected chi connectivity index (χ2v) is 3.81. The van der Waals surface area contributed by atoms with Crippen LogP contribution in [0, 0.1) is 0 Å².